The summed E-state index contributed by atoms with van der Waals surface area (Å²) in [7, 11) is -3.14. The Kier molecular flexibility index (Phi) is 6.07. The molecule has 1 rings (SSSR count). The van der Waals surface area contributed by atoms with E-state index in [9.17, 15) is 22.0 Å². The average Bonchev–Trinajstić information content (AvgIpc) is 2.41. The first-order valence-corrected chi connectivity index (χ1v) is 8.27. The van der Waals surface area contributed by atoms with Gasteiger partial charge < -0.3 is 10.6 Å². The van der Waals surface area contributed by atoms with E-state index < -0.39 is 33.5 Å². The van der Waals surface area contributed by atoms with Crippen molar-refractivity contribution in [3.63, 3.8) is 0 Å². The fourth-order valence-electron chi connectivity index (χ4n) is 1.58. The van der Waals surface area contributed by atoms with E-state index in [0.717, 1.165) is 12.1 Å². The number of hydrogen-bond acceptors (Lipinski definition) is 3. The third-order valence-electron chi connectivity index (χ3n) is 2.93. The number of rotatable bonds is 6. The first-order valence-electron chi connectivity index (χ1n) is 6.45. The highest BCUT2D eigenvalue weighted by Gasteiger charge is 2.13. The molecule has 2 amide bonds. The lowest BCUT2D eigenvalue weighted by molar-refractivity contribution is 0.238. The van der Waals surface area contributed by atoms with Gasteiger partial charge in [-0.05, 0) is 24.6 Å². The molecule has 0 fully saturated rings. The molecule has 118 valence electrons. The van der Waals surface area contributed by atoms with Gasteiger partial charge in [0.05, 0.1) is 11.8 Å². The maximum Gasteiger partial charge on any atom is 0.315 e. The Hall–Kier alpha value is -1.70. The molecule has 21 heavy (non-hydrogen) atoms. The van der Waals surface area contributed by atoms with Crippen LogP contribution in [0.25, 0.3) is 0 Å². The summed E-state index contributed by atoms with van der Waals surface area (Å²) in [5, 5.41) is 4.92. The zero-order chi connectivity index (χ0) is 16.0. The number of benzene rings is 1. The van der Waals surface area contributed by atoms with Crippen molar-refractivity contribution in [2.75, 3.05) is 18.1 Å². The Balaban J connectivity index is 2.49. The summed E-state index contributed by atoms with van der Waals surface area (Å²) in [6, 6.07) is 2.24. The molecule has 0 heterocycles. The van der Waals surface area contributed by atoms with E-state index in [1.54, 1.807) is 6.92 Å². The molecule has 0 aliphatic heterocycles. The molecule has 0 spiro atoms. The molecule has 0 saturated carbocycles. The van der Waals surface area contributed by atoms with Crippen LogP contribution < -0.4 is 10.6 Å². The largest absolute Gasteiger partial charge is 0.337 e. The maximum atomic E-state index is 13.1. The number of carbonyl (C=O) groups excluding carboxylic acids is 1. The number of carbonyl (C=O) groups is 1. The van der Waals surface area contributed by atoms with Gasteiger partial charge in [-0.25, -0.2) is 22.0 Å². The smallest absolute Gasteiger partial charge is 0.315 e. The summed E-state index contributed by atoms with van der Waals surface area (Å²) >= 11 is 0. The highest BCUT2D eigenvalue weighted by Crippen LogP contribution is 2.15. The molecule has 0 aromatic heterocycles. The van der Waals surface area contributed by atoms with Crippen molar-refractivity contribution >= 4 is 15.9 Å². The van der Waals surface area contributed by atoms with Gasteiger partial charge in [-0.3, -0.25) is 0 Å². The average molecular weight is 320 g/mol. The Morgan fingerprint density at radius 1 is 1.29 bits per heavy atom. The van der Waals surface area contributed by atoms with Gasteiger partial charge in [0.15, 0.2) is 21.5 Å². The zero-order valence-corrected chi connectivity index (χ0v) is 12.6. The second kappa shape index (κ2) is 7.35. The number of amides is 2. The number of nitrogens with one attached hydrogen (secondary N) is 2. The lowest BCUT2D eigenvalue weighted by Gasteiger charge is -2.15. The molecule has 1 atom stereocenters. The minimum atomic E-state index is -3.14. The third kappa shape index (κ3) is 5.66. The van der Waals surface area contributed by atoms with Crippen LogP contribution in [-0.4, -0.2) is 32.5 Å². The number of sulfone groups is 1. The van der Waals surface area contributed by atoms with Crippen LogP contribution in [0.4, 0.5) is 13.6 Å². The van der Waals surface area contributed by atoms with Gasteiger partial charge in [-0.2, -0.15) is 0 Å². The van der Waals surface area contributed by atoms with Crippen molar-refractivity contribution in [2.45, 2.75) is 19.9 Å². The van der Waals surface area contributed by atoms with Crippen molar-refractivity contribution in [3.05, 3.63) is 35.4 Å². The molecular formula is C13H18F2N2O3S. The second-order valence-electron chi connectivity index (χ2n) is 4.53. The van der Waals surface area contributed by atoms with Gasteiger partial charge in [0.1, 0.15) is 0 Å². The molecule has 0 aliphatic rings. The molecular weight excluding hydrogens is 302 g/mol. The van der Waals surface area contributed by atoms with Crippen molar-refractivity contribution in [3.8, 4) is 0 Å². The first kappa shape index (κ1) is 17.4. The quantitative estimate of drug-likeness (QED) is 0.838. The van der Waals surface area contributed by atoms with Crippen LogP contribution in [0, 0.1) is 11.6 Å². The monoisotopic (exact) mass is 320 g/mol. The Morgan fingerprint density at radius 2 is 1.95 bits per heavy atom. The van der Waals surface area contributed by atoms with E-state index >= 15 is 0 Å². The topological polar surface area (TPSA) is 75.3 Å². The summed E-state index contributed by atoms with van der Waals surface area (Å²) < 4.78 is 48.4. The van der Waals surface area contributed by atoms with E-state index in [4.69, 9.17) is 0 Å². The summed E-state index contributed by atoms with van der Waals surface area (Å²) in [5.74, 6) is -2.08. The minimum absolute atomic E-state index is 0.00743. The summed E-state index contributed by atoms with van der Waals surface area (Å²) in [6.07, 6.45) is 0. The molecule has 0 unspecified atom stereocenters. The standard InChI is InChI=1S/C13H18F2N2O3S/c1-3-21(19,20)7-6-16-13(18)17-9(2)10-4-5-11(14)12(15)8-10/h4-5,8-9H,3,6-7H2,1-2H3,(H2,16,17,18)/t9-/m1/s1. The Morgan fingerprint density at radius 3 is 2.52 bits per heavy atom. The van der Waals surface area contributed by atoms with E-state index in [0.29, 0.717) is 5.56 Å². The number of halogens is 2. The molecule has 0 bridgehead atoms. The summed E-state index contributed by atoms with van der Waals surface area (Å²) in [5.41, 5.74) is 0.408. The Bertz CT molecular complexity index is 605. The lowest BCUT2D eigenvalue weighted by Crippen LogP contribution is -2.39. The highest BCUT2D eigenvalue weighted by atomic mass is 32.2. The van der Waals surface area contributed by atoms with Crippen molar-refractivity contribution < 1.29 is 22.0 Å². The fraction of sp³-hybridized carbons (Fsp3) is 0.462. The normalized spacial score (nSPS) is 12.8. The van der Waals surface area contributed by atoms with Crippen LogP contribution in [0.2, 0.25) is 0 Å². The van der Waals surface area contributed by atoms with Crippen molar-refractivity contribution in [2.24, 2.45) is 0 Å². The molecule has 1 aromatic carbocycles. The molecule has 5 nitrogen and oxygen atoms in total. The van der Waals surface area contributed by atoms with E-state index in [-0.39, 0.29) is 18.1 Å². The first-order chi connectivity index (χ1) is 9.75. The molecule has 0 aliphatic carbocycles. The van der Waals surface area contributed by atoms with Gasteiger partial charge in [-0.1, -0.05) is 13.0 Å². The van der Waals surface area contributed by atoms with E-state index in [1.807, 2.05) is 0 Å². The van der Waals surface area contributed by atoms with Gasteiger partial charge in [0.2, 0.25) is 0 Å². The van der Waals surface area contributed by atoms with Crippen LogP contribution >= 0.6 is 0 Å². The molecule has 0 saturated heterocycles. The molecule has 0 radical (unpaired) electrons. The van der Waals surface area contributed by atoms with Crippen LogP contribution in [0.3, 0.4) is 0 Å². The predicted octanol–water partition coefficient (Wildman–Crippen LogP) is 1.76. The zero-order valence-electron chi connectivity index (χ0n) is 11.8. The summed E-state index contributed by atoms with van der Waals surface area (Å²) in [6.45, 7) is 3.13. The van der Waals surface area contributed by atoms with Gasteiger partial charge in [0, 0.05) is 12.3 Å². The Labute approximate surface area is 122 Å². The summed E-state index contributed by atoms with van der Waals surface area (Å²) in [4.78, 5) is 11.6. The third-order valence-corrected chi connectivity index (χ3v) is 4.64. The number of hydrogen-bond donors (Lipinski definition) is 2. The number of urea groups is 1. The minimum Gasteiger partial charge on any atom is -0.337 e. The van der Waals surface area contributed by atoms with Crippen LogP contribution in [0.15, 0.2) is 18.2 Å². The molecule has 2 N–H and O–H groups in total. The van der Waals surface area contributed by atoms with Crippen LogP contribution in [-0.2, 0) is 9.84 Å². The van der Waals surface area contributed by atoms with Crippen molar-refractivity contribution in [1.29, 1.82) is 0 Å². The highest BCUT2D eigenvalue weighted by molar-refractivity contribution is 7.91. The van der Waals surface area contributed by atoms with Gasteiger partial charge in [-0.15, -0.1) is 0 Å². The second-order valence-corrected chi connectivity index (χ2v) is 7.00. The van der Waals surface area contributed by atoms with Crippen molar-refractivity contribution in [1.82, 2.24) is 10.6 Å². The van der Waals surface area contributed by atoms with E-state index in [1.165, 1.54) is 13.0 Å². The maximum absolute atomic E-state index is 13.1. The molecule has 8 heteroatoms. The van der Waals surface area contributed by atoms with Gasteiger partial charge >= 0.3 is 6.03 Å². The van der Waals surface area contributed by atoms with Crippen LogP contribution in [0.5, 0.6) is 0 Å². The fourth-order valence-corrected chi connectivity index (χ4v) is 2.28. The lowest BCUT2D eigenvalue weighted by atomic mass is 10.1. The van der Waals surface area contributed by atoms with E-state index in [2.05, 4.69) is 10.6 Å². The molecule has 1 aromatic rings. The van der Waals surface area contributed by atoms with Crippen LogP contribution in [0.1, 0.15) is 25.5 Å². The van der Waals surface area contributed by atoms with Gasteiger partial charge in [0.25, 0.3) is 0 Å². The predicted molar refractivity (Wildman–Crippen MR) is 75.6 cm³/mol. The SMILES string of the molecule is CCS(=O)(=O)CCNC(=O)N[C@H](C)c1ccc(F)c(F)c1.